The Balaban J connectivity index is 1.93. The van der Waals surface area contributed by atoms with Gasteiger partial charge >= 0.3 is 6.09 Å². The predicted molar refractivity (Wildman–Crippen MR) is 79.4 cm³/mol. The number of piperidine rings is 1. The Morgan fingerprint density at radius 3 is 2.62 bits per heavy atom. The highest BCUT2D eigenvalue weighted by Crippen LogP contribution is 2.27. The van der Waals surface area contributed by atoms with Gasteiger partial charge in [-0.15, -0.1) is 0 Å². The van der Waals surface area contributed by atoms with Gasteiger partial charge in [-0.25, -0.2) is 4.79 Å². The van der Waals surface area contributed by atoms with Crippen LogP contribution in [0.15, 0.2) is 18.3 Å². The van der Waals surface area contributed by atoms with Gasteiger partial charge in [0, 0.05) is 36.5 Å². The SMILES string of the molecule is CC(C)(C)OC(=O)N1CCC(c2cc(C=O)ccn2)CC1. The second-order valence-electron chi connectivity index (χ2n) is 6.37. The van der Waals surface area contributed by atoms with E-state index in [9.17, 15) is 9.59 Å². The molecule has 0 unspecified atom stereocenters. The molecule has 1 aromatic rings. The first-order chi connectivity index (χ1) is 9.89. The molecular formula is C16H22N2O3. The third kappa shape index (κ3) is 4.28. The Hall–Kier alpha value is -1.91. The Morgan fingerprint density at radius 2 is 2.05 bits per heavy atom. The number of amides is 1. The number of likely N-dealkylation sites (tertiary alicyclic amines) is 1. The fourth-order valence-electron chi connectivity index (χ4n) is 2.45. The molecule has 0 N–H and O–H groups in total. The van der Waals surface area contributed by atoms with Gasteiger partial charge in [0.2, 0.25) is 0 Å². The van der Waals surface area contributed by atoms with E-state index >= 15 is 0 Å². The smallest absolute Gasteiger partial charge is 0.410 e. The van der Waals surface area contributed by atoms with Crippen LogP contribution in [0.3, 0.4) is 0 Å². The van der Waals surface area contributed by atoms with E-state index in [4.69, 9.17) is 4.74 Å². The van der Waals surface area contributed by atoms with Crippen molar-refractivity contribution in [3.63, 3.8) is 0 Å². The number of rotatable bonds is 2. The van der Waals surface area contributed by atoms with Gasteiger partial charge in [0.05, 0.1) is 0 Å². The van der Waals surface area contributed by atoms with Crippen LogP contribution in [-0.4, -0.2) is 41.0 Å². The summed E-state index contributed by atoms with van der Waals surface area (Å²) in [6.07, 6.45) is 3.93. The van der Waals surface area contributed by atoms with Crippen molar-refractivity contribution in [1.29, 1.82) is 0 Å². The minimum Gasteiger partial charge on any atom is -0.444 e. The largest absolute Gasteiger partial charge is 0.444 e. The minimum atomic E-state index is -0.465. The summed E-state index contributed by atoms with van der Waals surface area (Å²) in [6, 6.07) is 3.53. The van der Waals surface area contributed by atoms with Gasteiger partial charge in [0.15, 0.2) is 0 Å². The summed E-state index contributed by atoms with van der Waals surface area (Å²) >= 11 is 0. The van der Waals surface area contributed by atoms with E-state index in [1.807, 2.05) is 26.8 Å². The molecule has 0 saturated carbocycles. The molecule has 0 aliphatic carbocycles. The molecule has 1 saturated heterocycles. The molecule has 2 rings (SSSR count). The van der Waals surface area contributed by atoms with Crippen LogP contribution < -0.4 is 0 Å². The second-order valence-corrected chi connectivity index (χ2v) is 6.37. The number of carbonyl (C=O) groups is 2. The van der Waals surface area contributed by atoms with E-state index in [-0.39, 0.29) is 6.09 Å². The molecule has 5 nitrogen and oxygen atoms in total. The molecular weight excluding hydrogens is 268 g/mol. The van der Waals surface area contributed by atoms with Crippen molar-refractivity contribution in [1.82, 2.24) is 9.88 Å². The maximum Gasteiger partial charge on any atom is 0.410 e. The number of nitrogens with zero attached hydrogens (tertiary/aromatic N) is 2. The number of hydrogen-bond acceptors (Lipinski definition) is 4. The molecule has 21 heavy (non-hydrogen) atoms. The average molecular weight is 290 g/mol. The summed E-state index contributed by atoms with van der Waals surface area (Å²) < 4.78 is 5.38. The van der Waals surface area contributed by atoms with Crippen LogP contribution in [0.2, 0.25) is 0 Å². The highest BCUT2D eigenvalue weighted by molar-refractivity contribution is 5.74. The number of aldehydes is 1. The summed E-state index contributed by atoms with van der Waals surface area (Å²) in [5, 5.41) is 0. The van der Waals surface area contributed by atoms with Crippen LogP contribution in [-0.2, 0) is 4.74 Å². The first kappa shape index (κ1) is 15.5. The first-order valence-electron chi connectivity index (χ1n) is 7.28. The van der Waals surface area contributed by atoms with Crippen molar-refractivity contribution in [2.75, 3.05) is 13.1 Å². The van der Waals surface area contributed by atoms with Crippen LogP contribution in [0.25, 0.3) is 0 Å². The lowest BCUT2D eigenvalue weighted by Gasteiger charge is -2.33. The molecule has 1 fully saturated rings. The van der Waals surface area contributed by atoms with Gasteiger partial charge in [0.25, 0.3) is 0 Å². The summed E-state index contributed by atoms with van der Waals surface area (Å²) in [6.45, 7) is 6.92. The van der Waals surface area contributed by atoms with Gasteiger partial charge < -0.3 is 9.64 Å². The molecule has 1 aliphatic rings. The zero-order valence-electron chi connectivity index (χ0n) is 12.8. The van der Waals surface area contributed by atoms with Crippen molar-refractivity contribution in [3.05, 3.63) is 29.6 Å². The number of pyridine rings is 1. The van der Waals surface area contributed by atoms with Gasteiger partial charge in [-0.3, -0.25) is 9.78 Å². The van der Waals surface area contributed by atoms with Crippen molar-refractivity contribution < 1.29 is 14.3 Å². The molecule has 0 bridgehead atoms. The predicted octanol–water partition coefficient (Wildman–Crippen LogP) is 3.01. The van der Waals surface area contributed by atoms with Gasteiger partial charge in [0.1, 0.15) is 11.9 Å². The van der Waals surface area contributed by atoms with Crippen molar-refractivity contribution in [2.24, 2.45) is 0 Å². The Morgan fingerprint density at radius 1 is 1.38 bits per heavy atom. The lowest BCUT2D eigenvalue weighted by molar-refractivity contribution is 0.0204. The van der Waals surface area contributed by atoms with Crippen LogP contribution in [0.5, 0.6) is 0 Å². The molecule has 0 radical (unpaired) electrons. The van der Waals surface area contributed by atoms with E-state index in [1.54, 1.807) is 17.2 Å². The fraction of sp³-hybridized carbons (Fsp3) is 0.562. The summed E-state index contributed by atoms with van der Waals surface area (Å²) in [4.78, 5) is 28.9. The monoisotopic (exact) mass is 290 g/mol. The maximum atomic E-state index is 12.0. The topological polar surface area (TPSA) is 59.5 Å². The van der Waals surface area contributed by atoms with Gasteiger partial charge in [-0.05, 0) is 45.7 Å². The minimum absolute atomic E-state index is 0.254. The van der Waals surface area contributed by atoms with E-state index in [2.05, 4.69) is 4.98 Å². The summed E-state index contributed by atoms with van der Waals surface area (Å²) in [7, 11) is 0. The Bertz CT molecular complexity index is 514. The lowest BCUT2D eigenvalue weighted by Crippen LogP contribution is -2.41. The van der Waals surface area contributed by atoms with Crippen molar-refractivity contribution in [2.45, 2.75) is 45.1 Å². The molecule has 2 heterocycles. The normalized spacial score (nSPS) is 16.6. The van der Waals surface area contributed by atoms with E-state index < -0.39 is 5.60 Å². The van der Waals surface area contributed by atoms with Crippen molar-refractivity contribution >= 4 is 12.4 Å². The van der Waals surface area contributed by atoms with Crippen LogP contribution in [0.4, 0.5) is 4.79 Å². The van der Waals surface area contributed by atoms with Crippen LogP contribution in [0, 0.1) is 0 Å². The number of aromatic nitrogens is 1. The maximum absolute atomic E-state index is 12.0. The zero-order chi connectivity index (χ0) is 15.5. The van der Waals surface area contributed by atoms with Gasteiger partial charge in [-0.1, -0.05) is 0 Å². The van der Waals surface area contributed by atoms with Crippen LogP contribution in [0.1, 0.15) is 55.6 Å². The van der Waals surface area contributed by atoms with Crippen LogP contribution >= 0.6 is 0 Å². The molecule has 0 atom stereocenters. The molecule has 1 amide bonds. The van der Waals surface area contributed by atoms with E-state index in [1.165, 1.54) is 0 Å². The molecule has 1 aliphatic heterocycles. The summed E-state index contributed by atoms with van der Waals surface area (Å²) in [5.41, 5.74) is 1.12. The van der Waals surface area contributed by atoms with Gasteiger partial charge in [-0.2, -0.15) is 0 Å². The first-order valence-corrected chi connectivity index (χ1v) is 7.28. The fourth-order valence-corrected chi connectivity index (χ4v) is 2.45. The second kappa shape index (κ2) is 6.24. The standard InChI is InChI=1S/C16H22N2O3/c1-16(2,3)21-15(20)18-8-5-13(6-9-18)14-10-12(11-19)4-7-17-14/h4,7,10-11,13H,5-6,8-9H2,1-3H3. The van der Waals surface area contributed by atoms with Crippen molar-refractivity contribution in [3.8, 4) is 0 Å². The molecule has 114 valence electrons. The highest BCUT2D eigenvalue weighted by atomic mass is 16.6. The summed E-state index contributed by atoms with van der Waals surface area (Å²) in [5.74, 6) is 0.295. The molecule has 5 heteroatoms. The molecule has 0 aromatic carbocycles. The number of ether oxygens (including phenoxy) is 1. The number of carbonyl (C=O) groups excluding carboxylic acids is 2. The highest BCUT2D eigenvalue weighted by Gasteiger charge is 2.27. The average Bonchev–Trinajstić information content (AvgIpc) is 2.46. The number of hydrogen-bond donors (Lipinski definition) is 0. The molecule has 1 aromatic heterocycles. The van der Waals surface area contributed by atoms with E-state index in [0.717, 1.165) is 24.8 Å². The third-order valence-corrected chi connectivity index (χ3v) is 3.51. The lowest BCUT2D eigenvalue weighted by atomic mass is 9.92. The molecule has 0 spiro atoms. The van der Waals surface area contributed by atoms with E-state index in [0.29, 0.717) is 24.6 Å². The third-order valence-electron chi connectivity index (χ3n) is 3.51. The zero-order valence-corrected chi connectivity index (χ0v) is 12.8. The Kier molecular flexibility index (Phi) is 4.60. The Labute approximate surface area is 125 Å². The quantitative estimate of drug-likeness (QED) is 0.786.